The molecule has 0 aliphatic carbocycles. The Kier molecular flexibility index (Phi) is 1.37. The van der Waals surface area contributed by atoms with Crippen molar-refractivity contribution in [1.82, 2.24) is 0 Å². The van der Waals surface area contributed by atoms with Gasteiger partial charge in [-0.2, -0.15) is 0 Å². The highest BCUT2D eigenvalue weighted by molar-refractivity contribution is 6.62. The van der Waals surface area contributed by atoms with Gasteiger partial charge in [0.05, 0.1) is 11.2 Å². The molecule has 1 saturated heterocycles. The molecule has 1 unspecified atom stereocenters. The van der Waals surface area contributed by atoms with E-state index in [4.69, 9.17) is 30.2 Å². The highest BCUT2D eigenvalue weighted by Crippen LogP contribution is 2.37. The molecule has 1 aliphatic rings. The second kappa shape index (κ2) is 4.67. The summed E-state index contributed by atoms with van der Waals surface area (Å²) in [6, 6.07) is 0.840. The monoisotopic (exact) mass is 276 g/mol. The number of hydrogen-bond donors (Lipinski definition) is 0. The molecule has 0 aromatic carbocycles. The zero-order valence-corrected chi connectivity index (χ0v) is 11.4. The Bertz CT molecular complexity index is 820. The molecule has 4 heteroatoms. The third-order valence-corrected chi connectivity index (χ3v) is 3.64. The summed E-state index contributed by atoms with van der Waals surface area (Å²) in [4.78, 5) is 0. The lowest BCUT2D eigenvalue weighted by Crippen LogP contribution is -2.41. The van der Waals surface area contributed by atoms with Crippen LogP contribution in [-0.2, 0) is 9.31 Å². The van der Waals surface area contributed by atoms with Crippen molar-refractivity contribution in [3.63, 3.8) is 0 Å². The van der Waals surface area contributed by atoms with Gasteiger partial charge in [-0.25, -0.2) is 0 Å². The molecule has 3 nitrogen and oxygen atoms in total. The maximum absolute atomic E-state index is 8.46. The lowest BCUT2D eigenvalue weighted by molar-refractivity contribution is 0.00578. The van der Waals surface area contributed by atoms with E-state index in [1.807, 2.05) is 0 Å². The quantitative estimate of drug-likeness (QED) is 0.793. The average Bonchev–Trinajstić information content (AvgIpc) is 3.03. The van der Waals surface area contributed by atoms with Crippen LogP contribution in [0.1, 0.15) is 81.6 Å². The number of furan rings is 1. The van der Waals surface area contributed by atoms with Crippen LogP contribution in [0, 0.1) is 6.85 Å². The van der Waals surface area contributed by atoms with Crippen LogP contribution < -0.4 is 5.46 Å². The van der Waals surface area contributed by atoms with Crippen LogP contribution in [0.3, 0.4) is 0 Å². The molecule has 2 rings (SSSR count). The molecule has 1 fully saturated rings. The smallest absolute Gasteiger partial charge is 0.466 e. The first kappa shape index (κ1) is 5.57. The molecule has 19 heavy (non-hydrogen) atoms. The van der Waals surface area contributed by atoms with Gasteiger partial charge in [0.2, 0.25) is 0 Å². The van der Waals surface area contributed by atoms with E-state index in [1.165, 1.54) is 0 Å². The first-order valence-electron chi connectivity index (χ1n) is 11.9. The maximum atomic E-state index is 8.46. The normalized spacial score (nSPS) is 36.5. The van der Waals surface area contributed by atoms with E-state index in [0.717, 1.165) is 6.07 Å². The molecule has 0 N–H and O–H groups in total. The molecular weight excluding hydrogens is 239 g/mol. The van der Waals surface area contributed by atoms with Crippen molar-refractivity contribution in [2.24, 2.45) is 0 Å². The fourth-order valence-corrected chi connectivity index (χ4v) is 1.74. The Hall–Kier alpha value is -0.735. The van der Waals surface area contributed by atoms with E-state index in [1.54, 1.807) is 27.7 Å². The van der Waals surface area contributed by atoms with Crippen molar-refractivity contribution in [2.45, 2.75) is 71.7 Å². The van der Waals surface area contributed by atoms with E-state index in [0.29, 0.717) is 0 Å². The minimum Gasteiger partial charge on any atom is -0.466 e. The lowest BCUT2D eigenvalue weighted by atomic mass is 9.79. The van der Waals surface area contributed by atoms with Gasteiger partial charge in [0.25, 0.3) is 0 Å². The van der Waals surface area contributed by atoms with Crippen LogP contribution in [-0.4, -0.2) is 18.3 Å². The van der Waals surface area contributed by atoms with Crippen LogP contribution in [0.4, 0.5) is 0 Å². The molecule has 1 aromatic heterocycles. The van der Waals surface area contributed by atoms with Crippen LogP contribution >= 0.6 is 0 Å². The molecule has 1 atom stereocenters. The summed E-state index contributed by atoms with van der Waals surface area (Å²) in [7, 11) is -1.32. The Labute approximate surface area is 133 Å². The van der Waals surface area contributed by atoms with E-state index in [9.17, 15) is 0 Å². The molecule has 0 amide bonds. The number of hydrogen-bond acceptors (Lipinski definition) is 3. The first-order chi connectivity index (χ1) is 13.4. The average molecular weight is 276 g/mol. The minimum atomic E-state index is -3.62. The first-order valence-corrected chi connectivity index (χ1v) is 5.90. The molecule has 0 radical (unpaired) electrons. The standard InChI is InChI=1S/C15H25BO3/c1-8-10(2)13-9-12(11(3)17-13)16-18-14(4,5)15(6,7)19-16/h9-10H,8H2,1-7H3/i1D3,2D3,3D3,8D2,10D. The summed E-state index contributed by atoms with van der Waals surface area (Å²) < 4.78 is 110. The maximum Gasteiger partial charge on any atom is 0.498 e. The highest BCUT2D eigenvalue weighted by Gasteiger charge is 2.52. The van der Waals surface area contributed by atoms with Gasteiger partial charge in [-0.3, -0.25) is 0 Å². The minimum absolute atomic E-state index is 0.254. The number of aryl methyl sites for hydroxylation is 1. The SMILES string of the molecule is [2H]C([2H])([2H])c1oc(C([2H])(C([2H])([2H])[2H])C([2H])([2H])C([2H])([2H])[2H])cc1B1OC(C)(C)C(C)(C)O1. The van der Waals surface area contributed by atoms with E-state index < -0.39 is 62.7 Å². The Morgan fingerprint density at radius 2 is 2.05 bits per heavy atom. The van der Waals surface area contributed by atoms with Crippen molar-refractivity contribution in [2.75, 3.05) is 0 Å². The van der Waals surface area contributed by atoms with Crippen LogP contribution in [0.25, 0.3) is 0 Å². The van der Waals surface area contributed by atoms with Gasteiger partial charge in [-0.05, 0) is 47.0 Å². The Morgan fingerprint density at radius 3 is 2.58 bits per heavy atom. The third-order valence-electron chi connectivity index (χ3n) is 3.64. The van der Waals surface area contributed by atoms with Crippen molar-refractivity contribution in [3.05, 3.63) is 17.6 Å². The van der Waals surface area contributed by atoms with Crippen molar-refractivity contribution in [1.29, 1.82) is 0 Å². The molecule has 2 heterocycles. The van der Waals surface area contributed by atoms with Gasteiger partial charge < -0.3 is 13.7 Å². The van der Waals surface area contributed by atoms with Gasteiger partial charge in [-0.1, -0.05) is 13.7 Å². The van der Waals surface area contributed by atoms with Gasteiger partial charge in [-0.15, -0.1) is 0 Å². The van der Waals surface area contributed by atoms with Gasteiger partial charge in [0, 0.05) is 27.8 Å². The predicted molar refractivity (Wildman–Crippen MR) is 77.9 cm³/mol. The summed E-state index contributed by atoms with van der Waals surface area (Å²) in [6.45, 7) is -3.19. The van der Waals surface area contributed by atoms with Crippen molar-refractivity contribution in [3.8, 4) is 0 Å². The van der Waals surface area contributed by atoms with Crippen LogP contribution in [0.15, 0.2) is 10.5 Å². The van der Waals surface area contributed by atoms with Crippen LogP contribution in [0.5, 0.6) is 0 Å². The molecule has 0 spiro atoms. The molecular formula is C15H25BO3. The van der Waals surface area contributed by atoms with E-state index >= 15 is 0 Å². The zero-order chi connectivity index (χ0) is 24.6. The largest absolute Gasteiger partial charge is 0.498 e. The zero-order valence-electron chi connectivity index (χ0n) is 23.4. The molecule has 0 saturated carbocycles. The highest BCUT2D eigenvalue weighted by atomic mass is 16.7. The van der Waals surface area contributed by atoms with Gasteiger partial charge in [0.15, 0.2) is 0 Å². The predicted octanol–water partition coefficient (Wildman–Crippen LogP) is 3.40. The summed E-state index contributed by atoms with van der Waals surface area (Å²) in [6.07, 6.45) is -3.62. The lowest BCUT2D eigenvalue weighted by Gasteiger charge is -2.32. The Balaban J connectivity index is 2.78. The molecule has 1 aromatic rings. The fourth-order valence-electron chi connectivity index (χ4n) is 1.74. The summed E-state index contributed by atoms with van der Waals surface area (Å²) in [5.74, 6) is -5.18. The topological polar surface area (TPSA) is 31.6 Å². The Morgan fingerprint density at radius 1 is 1.37 bits per heavy atom. The van der Waals surface area contributed by atoms with Crippen molar-refractivity contribution >= 4 is 12.6 Å². The fraction of sp³-hybridized carbons (Fsp3) is 0.733. The third kappa shape index (κ3) is 2.48. The summed E-state index contributed by atoms with van der Waals surface area (Å²) >= 11 is 0. The second-order valence-corrected chi connectivity index (χ2v) is 5.48. The van der Waals surface area contributed by atoms with Crippen LogP contribution in [0.2, 0.25) is 0 Å². The second-order valence-electron chi connectivity index (χ2n) is 5.48. The van der Waals surface area contributed by atoms with Gasteiger partial charge in [0.1, 0.15) is 11.5 Å². The number of rotatable bonds is 3. The summed E-state index contributed by atoms with van der Waals surface area (Å²) in [5.41, 5.74) is -2.04. The molecule has 0 bridgehead atoms. The van der Waals surface area contributed by atoms with Crippen molar-refractivity contribution < 1.29 is 30.2 Å². The summed E-state index contributed by atoms with van der Waals surface area (Å²) in [5, 5.41) is 0. The molecule has 1 aliphatic heterocycles. The molecule has 106 valence electrons. The van der Waals surface area contributed by atoms with E-state index in [-0.39, 0.29) is 5.46 Å². The van der Waals surface area contributed by atoms with E-state index in [2.05, 4.69) is 0 Å². The van der Waals surface area contributed by atoms with Gasteiger partial charge >= 0.3 is 7.12 Å².